The highest BCUT2D eigenvalue weighted by Crippen LogP contribution is 2.40. The van der Waals surface area contributed by atoms with E-state index in [0.717, 1.165) is 45.2 Å². The van der Waals surface area contributed by atoms with E-state index in [1.54, 1.807) is 7.11 Å². The Morgan fingerprint density at radius 2 is 1.83 bits per heavy atom. The molecule has 1 aliphatic rings. The zero-order valence-corrected chi connectivity index (χ0v) is 16.5. The van der Waals surface area contributed by atoms with E-state index in [2.05, 4.69) is 34.4 Å². The third-order valence-electron chi connectivity index (χ3n) is 5.44. The molecule has 5 nitrogen and oxygen atoms in total. The van der Waals surface area contributed by atoms with Gasteiger partial charge in [0.15, 0.2) is 5.96 Å². The van der Waals surface area contributed by atoms with Crippen molar-refractivity contribution < 1.29 is 4.74 Å². The molecular weight excluding hydrogens is 300 g/mol. The first kappa shape index (κ1) is 21.2. The van der Waals surface area contributed by atoms with Crippen molar-refractivity contribution in [2.75, 3.05) is 53.5 Å². The maximum absolute atomic E-state index is 5.31. The fraction of sp³-hybridized carbons (Fsp3) is 0.947. The quantitative estimate of drug-likeness (QED) is 0.326. The van der Waals surface area contributed by atoms with Crippen LogP contribution in [0, 0.1) is 5.41 Å². The van der Waals surface area contributed by atoms with Crippen LogP contribution in [0.2, 0.25) is 0 Å². The Balaban J connectivity index is 2.24. The summed E-state index contributed by atoms with van der Waals surface area (Å²) < 4.78 is 5.31. The second kappa shape index (κ2) is 12.5. The van der Waals surface area contributed by atoms with E-state index in [1.165, 1.54) is 45.1 Å². The summed E-state index contributed by atoms with van der Waals surface area (Å²) >= 11 is 0. The molecule has 1 fully saturated rings. The third-order valence-corrected chi connectivity index (χ3v) is 5.44. The molecule has 0 aromatic carbocycles. The number of guanidine groups is 1. The predicted octanol–water partition coefficient (Wildman–Crippen LogP) is 2.87. The minimum absolute atomic E-state index is 0.399. The minimum atomic E-state index is 0.399. The van der Waals surface area contributed by atoms with Crippen molar-refractivity contribution in [3.05, 3.63) is 0 Å². The molecule has 0 heterocycles. The molecule has 0 amide bonds. The Labute approximate surface area is 149 Å². The van der Waals surface area contributed by atoms with Gasteiger partial charge in [0.2, 0.25) is 0 Å². The SMILES string of the molecule is CCN(CC)CCCCNC(=NC)NCC1(CCOC)CCCC1. The zero-order valence-electron chi connectivity index (χ0n) is 16.5. The molecule has 0 spiro atoms. The highest BCUT2D eigenvalue weighted by atomic mass is 16.5. The minimum Gasteiger partial charge on any atom is -0.385 e. The summed E-state index contributed by atoms with van der Waals surface area (Å²) in [4.78, 5) is 6.86. The van der Waals surface area contributed by atoms with E-state index in [9.17, 15) is 0 Å². The molecule has 0 bridgehead atoms. The Morgan fingerprint density at radius 3 is 2.42 bits per heavy atom. The van der Waals surface area contributed by atoms with Gasteiger partial charge in [0.05, 0.1) is 0 Å². The molecular formula is C19H40N4O. The van der Waals surface area contributed by atoms with E-state index < -0.39 is 0 Å². The molecule has 0 saturated heterocycles. The largest absolute Gasteiger partial charge is 0.385 e. The van der Waals surface area contributed by atoms with E-state index in [4.69, 9.17) is 4.74 Å². The summed E-state index contributed by atoms with van der Waals surface area (Å²) in [5, 5.41) is 7.02. The molecule has 24 heavy (non-hydrogen) atoms. The van der Waals surface area contributed by atoms with Crippen molar-refractivity contribution in [2.24, 2.45) is 10.4 Å². The lowest BCUT2D eigenvalue weighted by molar-refractivity contribution is 0.138. The van der Waals surface area contributed by atoms with Gasteiger partial charge in [-0.3, -0.25) is 4.99 Å². The van der Waals surface area contributed by atoms with Gasteiger partial charge in [-0.2, -0.15) is 0 Å². The number of nitrogens with zero attached hydrogens (tertiary/aromatic N) is 2. The number of nitrogens with one attached hydrogen (secondary N) is 2. The zero-order chi connectivity index (χ0) is 17.7. The summed E-state index contributed by atoms with van der Waals surface area (Å²) in [5.41, 5.74) is 0.399. The highest BCUT2D eigenvalue weighted by Gasteiger charge is 2.33. The number of hydrogen-bond donors (Lipinski definition) is 2. The van der Waals surface area contributed by atoms with E-state index >= 15 is 0 Å². The Kier molecular flexibility index (Phi) is 11.1. The fourth-order valence-electron chi connectivity index (χ4n) is 3.66. The van der Waals surface area contributed by atoms with Gasteiger partial charge in [-0.05, 0) is 57.2 Å². The average Bonchev–Trinajstić information content (AvgIpc) is 3.08. The molecule has 1 rings (SSSR count). The molecule has 2 N–H and O–H groups in total. The van der Waals surface area contributed by atoms with Crippen LogP contribution in [0.15, 0.2) is 4.99 Å². The number of methoxy groups -OCH3 is 1. The van der Waals surface area contributed by atoms with Gasteiger partial charge in [-0.25, -0.2) is 0 Å². The summed E-state index contributed by atoms with van der Waals surface area (Å²) in [5.74, 6) is 0.946. The smallest absolute Gasteiger partial charge is 0.190 e. The first-order valence-electron chi connectivity index (χ1n) is 9.85. The van der Waals surface area contributed by atoms with Crippen LogP contribution < -0.4 is 10.6 Å². The Bertz CT molecular complexity index is 336. The van der Waals surface area contributed by atoms with Gasteiger partial charge in [0, 0.05) is 33.9 Å². The molecule has 1 aliphatic carbocycles. The third kappa shape index (κ3) is 7.84. The lowest BCUT2D eigenvalue weighted by atomic mass is 9.83. The summed E-state index contributed by atoms with van der Waals surface area (Å²) in [6, 6.07) is 0. The number of hydrogen-bond acceptors (Lipinski definition) is 3. The molecule has 0 aromatic heterocycles. The van der Waals surface area contributed by atoms with Crippen LogP contribution in [0.4, 0.5) is 0 Å². The van der Waals surface area contributed by atoms with Crippen LogP contribution in [0.3, 0.4) is 0 Å². The maximum atomic E-state index is 5.31. The molecule has 0 radical (unpaired) electrons. The molecule has 0 aliphatic heterocycles. The van der Waals surface area contributed by atoms with E-state index in [1.807, 2.05) is 7.05 Å². The summed E-state index contributed by atoms with van der Waals surface area (Å²) in [6.45, 7) is 10.8. The van der Waals surface area contributed by atoms with Crippen LogP contribution in [-0.4, -0.2) is 64.3 Å². The standard InChI is InChI=1S/C19H40N4O/c1-5-23(6-2)15-10-9-14-21-18(20-3)22-17-19(13-16-24-4)11-7-8-12-19/h5-17H2,1-4H3,(H2,20,21,22). The van der Waals surface area contributed by atoms with E-state index in [0.29, 0.717) is 5.41 Å². The van der Waals surface area contributed by atoms with Gasteiger partial charge in [-0.15, -0.1) is 0 Å². The van der Waals surface area contributed by atoms with Crippen LogP contribution >= 0.6 is 0 Å². The van der Waals surface area contributed by atoms with Gasteiger partial charge in [0.1, 0.15) is 0 Å². The van der Waals surface area contributed by atoms with Gasteiger partial charge in [0.25, 0.3) is 0 Å². The molecule has 5 heteroatoms. The van der Waals surface area contributed by atoms with Crippen molar-refractivity contribution in [3.8, 4) is 0 Å². The number of aliphatic imine (C=N–C) groups is 1. The predicted molar refractivity (Wildman–Crippen MR) is 104 cm³/mol. The first-order chi connectivity index (χ1) is 11.7. The normalized spacial score (nSPS) is 17.5. The molecule has 142 valence electrons. The van der Waals surface area contributed by atoms with Gasteiger partial charge in [-0.1, -0.05) is 26.7 Å². The van der Waals surface area contributed by atoms with Crippen molar-refractivity contribution >= 4 is 5.96 Å². The van der Waals surface area contributed by atoms with Crippen LogP contribution in [0.25, 0.3) is 0 Å². The number of rotatable bonds is 12. The molecule has 0 unspecified atom stereocenters. The fourth-order valence-corrected chi connectivity index (χ4v) is 3.66. The molecule has 1 saturated carbocycles. The van der Waals surface area contributed by atoms with Crippen molar-refractivity contribution in [1.29, 1.82) is 0 Å². The Hall–Kier alpha value is -0.810. The average molecular weight is 341 g/mol. The van der Waals surface area contributed by atoms with E-state index in [-0.39, 0.29) is 0 Å². The van der Waals surface area contributed by atoms with Crippen LogP contribution in [0.1, 0.15) is 58.8 Å². The van der Waals surface area contributed by atoms with Gasteiger partial charge < -0.3 is 20.3 Å². The molecule has 0 aromatic rings. The monoisotopic (exact) mass is 340 g/mol. The van der Waals surface area contributed by atoms with Crippen molar-refractivity contribution in [2.45, 2.75) is 58.8 Å². The van der Waals surface area contributed by atoms with Crippen molar-refractivity contribution in [3.63, 3.8) is 0 Å². The molecule has 0 atom stereocenters. The highest BCUT2D eigenvalue weighted by molar-refractivity contribution is 5.79. The van der Waals surface area contributed by atoms with Crippen molar-refractivity contribution in [1.82, 2.24) is 15.5 Å². The second-order valence-electron chi connectivity index (χ2n) is 7.04. The first-order valence-corrected chi connectivity index (χ1v) is 9.85. The summed E-state index contributed by atoms with van der Waals surface area (Å²) in [7, 11) is 3.66. The second-order valence-corrected chi connectivity index (χ2v) is 7.04. The summed E-state index contributed by atoms with van der Waals surface area (Å²) in [6.07, 6.45) is 8.90. The number of ether oxygens (including phenoxy) is 1. The number of unbranched alkanes of at least 4 members (excludes halogenated alkanes) is 1. The van der Waals surface area contributed by atoms with Crippen LogP contribution in [0.5, 0.6) is 0 Å². The topological polar surface area (TPSA) is 48.9 Å². The lowest BCUT2D eigenvalue weighted by Crippen LogP contribution is -2.43. The van der Waals surface area contributed by atoms with Crippen LogP contribution in [-0.2, 0) is 4.74 Å². The maximum Gasteiger partial charge on any atom is 0.190 e. The Morgan fingerprint density at radius 1 is 1.12 bits per heavy atom. The van der Waals surface area contributed by atoms with Gasteiger partial charge >= 0.3 is 0 Å². The lowest BCUT2D eigenvalue weighted by Gasteiger charge is -2.30.